The van der Waals surface area contributed by atoms with Crippen LogP contribution in [0.25, 0.3) is 0 Å². The van der Waals surface area contributed by atoms with Crippen molar-refractivity contribution in [2.45, 2.75) is 179 Å². The lowest BCUT2D eigenvalue weighted by atomic mass is 10.1. The molecule has 4 saturated heterocycles. The molecular formula is C79H102Cl2N8O12. The van der Waals surface area contributed by atoms with Crippen LogP contribution in [0.15, 0.2) is 170 Å². The predicted octanol–water partition coefficient (Wildman–Crippen LogP) is 10.5. The van der Waals surface area contributed by atoms with Gasteiger partial charge in [0.05, 0.1) is 81.4 Å². The molecule has 0 aliphatic carbocycles. The molecule has 0 saturated carbocycles. The van der Waals surface area contributed by atoms with Gasteiger partial charge in [-0.15, -0.1) is 23.2 Å². The van der Waals surface area contributed by atoms with Crippen LogP contribution in [0, 0.1) is 0 Å². The Morgan fingerprint density at radius 2 is 0.634 bits per heavy atom. The zero-order valence-electron chi connectivity index (χ0n) is 59.2. The molecule has 6 N–H and O–H groups in total. The minimum Gasteiger partial charge on any atom is -0.444 e. The number of carbonyl (C=O) groups excluding carboxylic acids is 6. The SMILES string of the molecule is CC(C)(C)OC(=O)N1C[C@@H](OCc2ccc(CO[C@H]3C[C@@H](C(=O)NCCc4ccccc4)N(C(=O)OC(C)(C)C)C3)cc2)C[C@H]1C(=O)NCCc1ccccc1.ClCCl.O=C(NCCc1ccccc1)[C@@H]1C[C@H](OCc2ccc(CO[C@@H]3CN[C@H](C(=O)NCCc4ccccc4)C3)cc2)CN1. The van der Waals surface area contributed by atoms with Crippen molar-refractivity contribution in [2.75, 3.05) is 57.7 Å². The molecule has 8 atom stereocenters. The number of hydrogen-bond acceptors (Lipinski definition) is 14. The second-order valence-corrected chi connectivity index (χ2v) is 28.5. The largest absolute Gasteiger partial charge is 0.444 e. The van der Waals surface area contributed by atoms with Gasteiger partial charge in [-0.25, -0.2) is 9.59 Å². The highest BCUT2D eigenvalue weighted by molar-refractivity contribution is 6.40. The molecule has 10 rings (SSSR count). The second kappa shape index (κ2) is 40.7. The average Bonchev–Trinajstić information content (AvgIpc) is 1.69. The van der Waals surface area contributed by atoms with Crippen molar-refractivity contribution in [3.63, 3.8) is 0 Å². The molecule has 0 bridgehead atoms. The lowest BCUT2D eigenvalue weighted by molar-refractivity contribution is -0.126. The van der Waals surface area contributed by atoms with Crippen molar-refractivity contribution in [3.8, 4) is 0 Å². The summed E-state index contributed by atoms with van der Waals surface area (Å²) in [6, 6.07) is 54.4. The summed E-state index contributed by atoms with van der Waals surface area (Å²) in [5.74, 6) is -0.384. The molecule has 0 spiro atoms. The lowest BCUT2D eigenvalue weighted by Crippen LogP contribution is -2.47. The Morgan fingerprint density at radius 3 is 0.901 bits per heavy atom. The maximum Gasteiger partial charge on any atom is 0.411 e. The van der Waals surface area contributed by atoms with Gasteiger partial charge in [0.15, 0.2) is 0 Å². The van der Waals surface area contributed by atoms with Gasteiger partial charge in [0.25, 0.3) is 0 Å². The summed E-state index contributed by atoms with van der Waals surface area (Å²) in [7, 11) is 0. The first-order chi connectivity index (χ1) is 48.7. The van der Waals surface area contributed by atoms with E-state index in [0.717, 1.165) is 46.2 Å². The van der Waals surface area contributed by atoms with Gasteiger partial charge in [-0.2, -0.15) is 0 Å². The van der Waals surface area contributed by atoms with Crippen molar-refractivity contribution in [1.29, 1.82) is 0 Å². The van der Waals surface area contributed by atoms with Crippen LogP contribution in [0.2, 0.25) is 0 Å². The van der Waals surface area contributed by atoms with Gasteiger partial charge < -0.3 is 60.3 Å². The monoisotopic (exact) mass is 1420 g/mol. The lowest BCUT2D eigenvalue weighted by Gasteiger charge is -2.28. The number of amides is 6. The normalized spacial score (nSPS) is 20.2. The standard InChI is InChI=1S/C44H58N4O8.C34H42N4O4.CH2Cl2/c1-43(2,3)55-41(51)47-27-35(25-37(47)39(49)45-23-21-31-13-9-7-10-14-31)53-29-33-17-19-34(20-18-33)30-54-36-26-38(48(28-36)42(52)56-44(4,5)6)40(50)46-24-22-32-15-11-8-12-16-32;39-33(35-17-15-25-7-3-1-4-8-25)31-19-29(21-37-31)41-23-27-11-13-28(14-12-27)24-42-30-20-32(38-22-30)34(40)36-18-16-26-9-5-2-6-10-26;2-1-3/h7-20,35-38H,21-30H2,1-6H3,(H,45,49)(H,46,50);1-14,29-32,37-38H,15-24H2,(H,35,39)(H,36,40);1H2/t35-,36-,37-,38-;29-,30-,31-,32-;/m00./s1. The van der Waals surface area contributed by atoms with Crippen molar-refractivity contribution in [3.05, 3.63) is 214 Å². The van der Waals surface area contributed by atoms with E-state index in [4.69, 9.17) is 51.6 Å². The first-order valence-corrected chi connectivity index (χ1v) is 36.2. The first kappa shape index (κ1) is 78.8. The Morgan fingerprint density at radius 1 is 0.376 bits per heavy atom. The van der Waals surface area contributed by atoms with Crippen LogP contribution in [0.1, 0.15) is 112 Å². The molecule has 4 aliphatic rings. The van der Waals surface area contributed by atoms with Gasteiger partial charge in [-0.1, -0.05) is 170 Å². The van der Waals surface area contributed by atoms with E-state index in [0.29, 0.717) is 104 Å². The summed E-state index contributed by atoms with van der Waals surface area (Å²) >= 11 is 9.53. The van der Waals surface area contributed by atoms with Gasteiger partial charge >= 0.3 is 12.2 Å². The molecule has 0 aromatic heterocycles. The quantitative estimate of drug-likeness (QED) is 0.0251. The Hall–Kier alpha value is -7.92. The molecule has 0 unspecified atom stereocenters. The maximum absolute atomic E-state index is 13.3. The summed E-state index contributed by atoms with van der Waals surface area (Å²) < 4.78 is 35.9. The molecule has 4 heterocycles. The number of benzene rings is 6. The number of rotatable bonds is 28. The molecule has 20 nitrogen and oxygen atoms in total. The summed E-state index contributed by atoms with van der Waals surface area (Å²) in [4.78, 5) is 80.9. The third-order valence-corrected chi connectivity index (χ3v) is 17.4. The Balaban J connectivity index is 0.000000256. The fourth-order valence-corrected chi connectivity index (χ4v) is 12.1. The summed E-state index contributed by atoms with van der Waals surface area (Å²) in [5, 5.41) is 18.8. The zero-order valence-corrected chi connectivity index (χ0v) is 60.7. The van der Waals surface area contributed by atoms with Crippen molar-refractivity contribution in [2.24, 2.45) is 0 Å². The summed E-state index contributed by atoms with van der Waals surface area (Å²) in [5.41, 5.74) is 7.30. The third kappa shape index (κ3) is 27.8. The van der Waals surface area contributed by atoms with Crippen LogP contribution in [0.4, 0.5) is 9.59 Å². The van der Waals surface area contributed by atoms with Crippen molar-refractivity contribution >= 4 is 59.0 Å². The van der Waals surface area contributed by atoms with E-state index in [9.17, 15) is 28.8 Å². The molecule has 6 aromatic rings. The summed E-state index contributed by atoms with van der Waals surface area (Å²) in [6.07, 6.45) is 3.31. The minimum atomic E-state index is -0.704. The highest BCUT2D eigenvalue weighted by atomic mass is 35.5. The Labute approximate surface area is 605 Å². The fraction of sp³-hybridized carbons (Fsp3) is 0.468. The van der Waals surface area contributed by atoms with E-state index in [2.05, 4.69) is 80.4 Å². The Bertz CT molecular complexity index is 3250. The number of likely N-dealkylation sites (tertiary alicyclic amines) is 2. The second-order valence-electron chi connectivity index (χ2n) is 27.7. The molecule has 544 valence electrons. The molecule has 101 heavy (non-hydrogen) atoms. The topological polar surface area (TPSA) is 236 Å². The van der Waals surface area contributed by atoms with Crippen molar-refractivity contribution in [1.82, 2.24) is 41.7 Å². The zero-order chi connectivity index (χ0) is 72.0. The summed E-state index contributed by atoms with van der Waals surface area (Å²) in [6.45, 7) is 16.4. The van der Waals surface area contributed by atoms with Gasteiger partial charge in [-0.05, 0) is 125 Å². The smallest absolute Gasteiger partial charge is 0.411 e. The van der Waals surface area contributed by atoms with E-state index in [-0.39, 0.29) is 78.6 Å². The molecule has 6 amide bonds. The number of nitrogens with zero attached hydrogens (tertiary/aromatic N) is 2. The van der Waals surface area contributed by atoms with Gasteiger partial charge in [0, 0.05) is 52.1 Å². The molecule has 22 heteroatoms. The molecule has 0 radical (unpaired) electrons. The van der Waals surface area contributed by atoms with Crippen LogP contribution >= 0.6 is 23.2 Å². The highest BCUT2D eigenvalue weighted by Crippen LogP contribution is 2.28. The molecular weight excluding hydrogens is 1320 g/mol. The predicted molar refractivity (Wildman–Crippen MR) is 392 cm³/mol. The number of carbonyl (C=O) groups is 6. The van der Waals surface area contributed by atoms with E-state index in [1.165, 1.54) is 20.9 Å². The molecule has 4 aliphatic heterocycles. The number of alkyl halides is 2. The van der Waals surface area contributed by atoms with E-state index >= 15 is 0 Å². The van der Waals surface area contributed by atoms with Gasteiger partial charge in [-0.3, -0.25) is 29.0 Å². The fourth-order valence-electron chi connectivity index (χ4n) is 12.1. The number of ether oxygens (including phenoxy) is 6. The average molecular weight is 1430 g/mol. The van der Waals surface area contributed by atoms with E-state index < -0.39 is 35.5 Å². The van der Waals surface area contributed by atoms with Gasteiger partial charge in [0.2, 0.25) is 23.6 Å². The Kier molecular flexibility index (Phi) is 31.7. The molecule has 6 aromatic carbocycles. The third-order valence-electron chi connectivity index (χ3n) is 17.4. The van der Waals surface area contributed by atoms with Crippen LogP contribution in [0.3, 0.4) is 0 Å². The molecule has 4 fully saturated rings. The number of hydrogen-bond donors (Lipinski definition) is 6. The van der Waals surface area contributed by atoms with Crippen LogP contribution in [0.5, 0.6) is 0 Å². The highest BCUT2D eigenvalue weighted by Gasteiger charge is 2.44. The van der Waals surface area contributed by atoms with Crippen molar-refractivity contribution < 1.29 is 57.2 Å². The van der Waals surface area contributed by atoms with Crippen LogP contribution < -0.4 is 31.9 Å². The van der Waals surface area contributed by atoms with E-state index in [1.807, 2.05) is 121 Å². The maximum atomic E-state index is 13.3. The van der Waals surface area contributed by atoms with Crippen LogP contribution in [-0.2, 0) is 99.7 Å². The van der Waals surface area contributed by atoms with Gasteiger partial charge in [0.1, 0.15) is 23.3 Å². The van der Waals surface area contributed by atoms with Crippen LogP contribution in [-0.4, -0.2) is 163 Å². The number of nitrogens with one attached hydrogen (secondary N) is 6. The number of halogens is 2. The first-order valence-electron chi connectivity index (χ1n) is 35.1. The van der Waals surface area contributed by atoms with E-state index in [1.54, 1.807) is 41.5 Å². The minimum absolute atomic E-state index is 0.0104.